The Hall–Kier alpha value is -3.31. The number of H-pyrrole nitrogens is 1. The van der Waals surface area contributed by atoms with Crippen molar-refractivity contribution in [3.63, 3.8) is 0 Å². The first-order valence-electron chi connectivity index (χ1n) is 9.80. The van der Waals surface area contributed by atoms with Crippen molar-refractivity contribution >= 4 is 0 Å². The number of hydrogen-bond donors (Lipinski definition) is 2. The standard InChI is InChI=1S/C24H21FN4/c25-22-9-8-19-12-23(13-21(19)11-22)26-14-16-4-6-17(7-5-16)18-2-1-3-20(10-18)24-27-15-28-29-24/h1-11,15,23,26H,12-14H2,(H,27,28,29)/t23-/m1/s1. The van der Waals surface area contributed by atoms with E-state index in [1.54, 1.807) is 12.1 Å². The normalized spacial score (nSPS) is 15.4. The van der Waals surface area contributed by atoms with Gasteiger partial charge in [0, 0.05) is 18.2 Å². The second-order valence-electron chi connectivity index (χ2n) is 7.51. The molecule has 0 saturated heterocycles. The summed E-state index contributed by atoms with van der Waals surface area (Å²) in [6.45, 7) is 0.805. The second-order valence-corrected chi connectivity index (χ2v) is 7.51. The van der Waals surface area contributed by atoms with Gasteiger partial charge in [-0.15, -0.1) is 0 Å². The Labute approximate surface area is 168 Å². The molecule has 4 nitrogen and oxygen atoms in total. The Balaban J connectivity index is 1.24. The van der Waals surface area contributed by atoms with Crippen molar-refractivity contribution in [2.75, 3.05) is 0 Å². The zero-order valence-corrected chi connectivity index (χ0v) is 15.9. The minimum absolute atomic E-state index is 0.146. The maximum Gasteiger partial charge on any atom is 0.155 e. The quantitative estimate of drug-likeness (QED) is 0.531. The molecule has 1 atom stereocenters. The molecular formula is C24H21FN4. The van der Waals surface area contributed by atoms with Crippen molar-refractivity contribution in [3.8, 4) is 22.5 Å². The molecule has 5 heteroatoms. The zero-order chi connectivity index (χ0) is 19.6. The van der Waals surface area contributed by atoms with Crippen LogP contribution in [0.15, 0.2) is 73.1 Å². The summed E-state index contributed by atoms with van der Waals surface area (Å²) in [5, 5.41) is 10.4. The van der Waals surface area contributed by atoms with Gasteiger partial charge < -0.3 is 5.32 Å². The van der Waals surface area contributed by atoms with Gasteiger partial charge in [-0.2, -0.15) is 5.10 Å². The van der Waals surface area contributed by atoms with E-state index in [0.29, 0.717) is 6.04 Å². The van der Waals surface area contributed by atoms with E-state index in [4.69, 9.17) is 0 Å². The zero-order valence-electron chi connectivity index (χ0n) is 15.9. The number of hydrogen-bond acceptors (Lipinski definition) is 3. The lowest BCUT2D eigenvalue weighted by Crippen LogP contribution is -2.28. The van der Waals surface area contributed by atoms with Gasteiger partial charge in [-0.05, 0) is 58.9 Å². The first-order chi connectivity index (χ1) is 14.2. The Kier molecular flexibility index (Phi) is 4.66. The molecule has 0 bridgehead atoms. The highest BCUT2D eigenvalue weighted by Crippen LogP contribution is 2.26. The van der Waals surface area contributed by atoms with Gasteiger partial charge >= 0.3 is 0 Å². The molecular weight excluding hydrogens is 363 g/mol. The van der Waals surface area contributed by atoms with Gasteiger partial charge in [0.05, 0.1) is 0 Å². The molecule has 0 unspecified atom stereocenters. The molecule has 144 valence electrons. The molecule has 29 heavy (non-hydrogen) atoms. The molecule has 0 aliphatic heterocycles. The topological polar surface area (TPSA) is 53.6 Å². The number of fused-ring (bicyclic) bond motifs is 1. The van der Waals surface area contributed by atoms with Crippen molar-refractivity contribution in [2.24, 2.45) is 0 Å². The molecule has 2 N–H and O–H groups in total. The highest BCUT2D eigenvalue weighted by molar-refractivity contribution is 5.70. The van der Waals surface area contributed by atoms with Crippen LogP contribution in [0.1, 0.15) is 16.7 Å². The van der Waals surface area contributed by atoms with E-state index >= 15 is 0 Å². The van der Waals surface area contributed by atoms with Gasteiger partial charge in [-0.25, -0.2) is 9.37 Å². The van der Waals surface area contributed by atoms with Gasteiger partial charge in [0.25, 0.3) is 0 Å². The largest absolute Gasteiger partial charge is 0.309 e. The number of benzene rings is 3. The number of aromatic nitrogens is 3. The third-order valence-corrected chi connectivity index (χ3v) is 5.53. The SMILES string of the molecule is Fc1ccc2c(c1)C[C@H](NCc1ccc(-c3cccc(-c4ncn[nH]4)c3)cc1)C2. The average Bonchev–Trinajstić information content (AvgIpc) is 3.42. The van der Waals surface area contributed by atoms with Crippen molar-refractivity contribution in [1.29, 1.82) is 0 Å². The van der Waals surface area contributed by atoms with Crippen LogP contribution in [0.4, 0.5) is 4.39 Å². The summed E-state index contributed by atoms with van der Waals surface area (Å²) in [4.78, 5) is 4.22. The summed E-state index contributed by atoms with van der Waals surface area (Å²) in [6.07, 6.45) is 3.37. The molecule has 0 amide bonds. The monoisotopic (exact) mass is 384 g/mol. The Bertz CT molecular complexity index is 1120. The predicted molar refractivity (Wildman–Crippen MR) is 112 cm³/mol. The maximum atomic E-state index is 13.4. The molecule has 1 heterocycles. The number of nitrogens with zero attached hydrogens (tertiary/aromatic N) is 2. The van der Waals surface area contributed by atoms with E-state index in [0.717, 1.165) is 41.9 Å². The third kappa shape index (κ3) is 3.82. The first-order valence-corrected chi connectivity index (χ1v) is 9.80. The molecule has 4 aromatic rings. The van der Waals surface area contributed by atoms with Gasteiger partial charge in [0.2, 0.25) is 0 Å². The number of aromatic amines is 1. The smallest absolute Gasteiger partial charge is 0.155 e. The summed E-state index contributed by atoms with van der Waals surface area (Å²) in [5.74, 6) is 0.623. The minimum atomic E-state index is -0.146. The Morgan fingerprint density at radius 1 is 0.897 bits per heavy atom. The van der Waals surface area contributed by atoms with Crippen molar-refractivity contribution in [2.45, 2.75) is 25.4 Å². The Morgan fingerprint density at radius 2 is 1.72 bits per heavy atom. The number of rotatable bonds is 5. The summed E-state index contributed by atoms with van der Waals surface area (Å²) < 4.78 is 13.4. The van der Waals surface area contributed by atoms with E-state index in [1.807, 2.05) is 18.2 Å². The number of nitrogens with one attached hydrogen (secondary N) is 2. The van der Waals surface area contributed by atoms with Crippen LogP contribution in [0.5, 0.6) is 0 Å². The van der Waals surface area contributed by atoms with E-state index < -0.39 is 0 Å². The van der Waals surface area contributed by atoms with Crippen LogP contribution in [-0.4, -0.2) is 21.2 Å². The molecule has 1 aromatic heterocycles. The molecule has 0 saturated carbocycles. The molecule has 1 aliphatic rings. The molecule has 0 radical (unpaired) electrons. The van der Waals surface area contributed by atoms with Crippen molar-refractivity contribution < 1.29 is 4.39 Å². The predicted octanol–water partition coefficient (Wildman–Crippen LogP) is 4.53. The fourth-order valence-corrected chi connectivity index (χ4v) is 4.00. The van der Waals surface area contributed by atoms with Gasteiger partial charge in [0.1, 0.15) is 12.1 Å². The second kappa shape index (κ2) is 7.60. The summed E-state index contributed by atoms with van der Waals surface area (Å²) >= 11 is 0. The van der Waals surface area contributed by atoms with Crippen LogP contribution in [0.25, 0.3) is 22.5 Å². The van der Waals surface area contributed by atoms with Crippen molar-refractivity contribution in [3.05, 3.63) is 95.6 Å². The highest BCUT2D eigenvalue weighted by atomic mass is 19.1. The van der Waals surface area contributed by atoms with Crippen LogP contribution in [0, 0.1) is 5.82 Å². The van der Waals surface area contributed by atoms with Crippen LogP contribution in [-0.2, 0) is 19.4 Å². The van der Waals surface area contributed by atoms with Crippen LogP contribution < -0.4 is 5.32 Å². The van der Waals surface area contributed by atoms with E-state index in [1.165, 1.54) is 23.0 Å². The fraction of sp³-hybridized carbons (Fsp3) is 0.167. The summed E-state index contributed by atoms with van der Waals surface area (Å²) in [7, 11) is 0. The lowest BCUT2D eigenvalue weighted by molar-refractivity contribution is 0.532. The van der Waals surface area contributed by atoms with E-state index in [-0.39, 0.29) is 5.82 Å². The molecule has 0 spiro atoms. The lowest BCUT2D eigenvalue weighted by Gasteiger charge is -2.12. The highest BCUT2D eigenvalue weighted by Gasteiger charge is 2.21. The minimum Gasteiger partial charge on any atom is -0.309 e. The van der Waals surface area contributed by atoms with Crippen molar-refractivity contribution in [1.82, 2.24) is 20.5 Å². The summed E-state index contributed by atoms with van der Waals surface area (Å²) in [5.41, 5.74) is 6.95. The Morgan fingerprint density at radius 3 is 2.55 bits per heavy atom. The number of halogens is 1. The molecule has 0 fully saturated rings. The average molecular weight is 384 g/mol. The lowest BCUT2D eigenvalue weighted by atomic mass is 10.0. The first kappa shape index (κ1) is 17.8. The molecule has 5 rings (SSSR count). The van der Waals surface area contributed by atoms with Crippen LogP contribution >= 0.6 is 0 Å². The van der Waals surface area contributed by atoms with Gasteiger partial charge in [-0.3, -0.25) is 5.10 Å². The summed E-state index contributed by atoms with van der Waals surface area (Å²) in [6, 6.07) is 22.4. The molecule has 3 aromatic carbocycles. The van der Waals surface area contributed by atoms with E-state index in [2.05, 4.69) is 56.9 Å². The van der Waals surface area contributed by atoms with Crippen LogP contribution in [0.3, 0.4) is 0 Å². The maximum absolute atomic E-state index is 13.4. The van der Waals surface area contributed by atoms with Gasteiger partial charge in [0.15, 0.2) is 5.82 Å². The van der Waals surface area contributed by atoms with Crippen LogP contribution in [0.2, 0.25) is 0 Å². The third-order valence-electron chi connectivity index (χ3n) is 5.53. The molecule has 1 aliphatic carbocycles. The fourth-order valence-electron chi connectivity index (χ4n) is 4.00. The van der Waals surface area contributed by atoms with E-state index in [9.17, 15) is 4.39 Å². The van der Waals surface area contributed by atoms with Gasteiger partial charge in [-0.1, -0.05) is 48.5 Å².